The minimum absolute atomic E-state index is 0.243. The molecule has 2 aliphatic heterocycles. The van der Waals surface area contributed by atoms with Crippen LogP contribution in [-0.2, 0) is 22.6 Å². The molecule has 2 aliphatic rings. The molecule has 0 radical (unpaired) electrons. The van der Waals surface area contributed by atoms with Crippen molar-refractivity contribution in [3.63, 3.8) is 0 Å². The van der Waals surface area contributed by atoms with Crippen LogP contribution in [0.15, 0.2) is 78.5 Å². The van der Waals surface area contributed by atoms with Crippen molar-refractivity contribution in [2.75, 3.05) is 11.4 Å². The summed E-state index contributed by atoms with van der Waals surface area (Å²) in [5, 5.41) is 0. The van der Waals surface area contributed by atoms with Crippen molar-refractivity contribution in [1.29, 1.82) is 0 Å². The zero-order valence-corrected chi connectivity index (χ0v) is 19.3. The predicted octanol–water partition coefficient (Wildman–Crippen LogP) is 5.46. The third kappa shape index (κ3) is 3.76. The highest BCUT2D eigenvalue weighted by Gasteiger charge is 2.43. The van der Waals surface area contributed by atoms with E-state index in [9.17, 15) is 9.59 Å². The minimum atomic E-state index is -0.255. The fourth-order valence-electron chi connectivity index (χ4n) is 4.72. The Morgan fingerprint density at radius 3 is 2.12 bits per heavy atom. The molecule has 0 unspecified atom stereocenters. The average molecular weight is 437 g/mol. The van der Waals surface area contributed by atoms with Crippen LogP contribution >= 0.6 is 0 Å². The number of imide groups is 1. The van der Waals surface area contributed by atoms with Gasteiger partial charge in [0.05, 0.1) is 11.3 Å². The van der Waals surface area contributed by atoms with Gasteiger partial charge in [0, 0.05) is 13.1 Å². The van der Waals surface area contributed by atoms with Crippen molar-refractivity contribution in [1.82, 2.24) is 4.90 Å². The van der Waals surface area contributed by atoms with E-state index < -0.39 is 0 Å². The Balaban J connectivity index is 1.58. The first-order valence-electron chi connectivity index (χ1n) is 11.6. The van der Waals surface area contributed by atoms with Crippen molar-refractivity contribution in [2.24, 2.45) is 0 Å². The third-order valence-electron chi connectivity index (χ3n) is 6.66. The summed E-state index contributed by atoms with van der Waals surface area (Å²) in [6.45, 7) is 7.61. The predicted molar refractivity (Wildman–Crippen MR) is 132 cm³/mol. The molecule has 0 N–H and O–H groups in total. The summed E-state index contributed by atoms with van der Waals surface area (Å²) >= 11 is 0. The molecule has 0 spiro atoms. The number of hydrogen-bond acceptors (Lipinski definition) is 3. The molecule has 4 nitrogen and oxygen atoms in total. The van der Waals surface area contributed by atoms with E-state index in [1.165, 1.54) is 21.6 Å². The fraction of sp³-hybridized carbons (Fsp3) is 0.241. The topological polar surface area (TPSA) is 40.6 Å². The van der Waals surface area contributed by atoms with Crippen LogP contribution in [0.2, 0.25) is 0 Å². The van der Waals surface area contributed by atoms with E-state index in [2.05, 4.69) is 36.9 Å². The molecule has 4 heteroatoms. The lowest BCUT2D eigenvalue weighted by Gasteiger charge is -2.31. The van der Waals surface area contributed by atoms with Crippen molar-refractivity contribution < 1.29 is 9.59 Å². The summed E-state index contributed by atoms with van der Waals surface area (Å²) in [6, 6.07) is 24.0. The molecular formula is C29H28N2O2. The van der Waals surface area contributed by atoms with E-state index in [1.54, 1.807) is 0 Å². The molecular weight excluding hydrogens is 408 g/mol. The van der Waals surface area contributed by atoms with Gasteiger partial charge in [-0.1, -0.05) is 80.1 Å². The van der Waals surface area contributed by atoms with E-state index in [1.807, 2.05) is 61.5 Å². The number of carbonyl (C=O) groups excluding carboxylic acids is 2. The van der Waals surface area contributed by atoms with Gasteiger partial charge in [-0.3, -0.25) is 9.59 Å². The second kappa shape index (κ2) is 8.36. The van der Waals surface area contributed by atoms with E-state index in [0.717, 1.165) is 17.5 Å². The number of carbonyl (C=O) groups is 2. The van der Waals surface area contributed by atoms with Gasteiger partial charge in [-0.2, -0.15) is 0 Å². The number of hydrogen-bond donors (Lipinski definition) is 0. The summed E-state index contributed by atoms with van der Waals surface area (Å²) < 4.78 is 0. The Morgan fingerprint density at radius 2 is 1.45 bits per heavy atom. The highest BCUT2D eigenvalue weighted by atomic mass is 16.2. The Kier molecular flexibility index (Phi) is 5.37. The van der Waals surface area contributed by atoms with Gasteiger partial charge >= 0.3 is 0 Å². The molecule has 166 valence electrons. The molecule has 2 heterocycles. The Morgan fingerprint density at radius 1 is 0.788 bits per heavy atom. The second-order valence-corrected chi connectivity index (χ2v) is 9.22. The van der Waals surface area contributed by atoms with Gasteiger partial charge in [-0.05, 0) is 53.6 Å². The maximum atomic E-state index is 13.8. The molecule has 0 aliphatic carbocycles. The third-order valence-corrected chi connectivity index (χ3v) is 6.66. The van der Waals surface area contributed by atoms with Crippen LogP contribution in [0.25, 0.3) is 5.57 Å². The summed E-state index contributed by atoms with van der Waals surface area (Å²) in [7, 11) is 0. The molecule has 0 aromatic heterocycles. The molecule has 0 fully saturated rings. The number of benzene rings is 3. The average Bonchev–Trinajstić information content (AvgIpc) is 3.09. The smallest absolute Gasteiger partial charge is 0.282 e. The summed E-state index contributed by atoms with van der Waals surface area (Å²) in [4.78, 5) is 31.0. The van der Waals surface area contributed by atoms with Crippen LogP contribution in [0.1, 0.15) is 47.6 Å². The van der Waals surface area contributed by atoms with E-state index in [0.29, 0.717) is 36.0 Å². The van der Waals surface area contributed by atoms with Crippen LogP contribution < -0.4 is 4.90 Å². The van der Waals surface area contributed by atoms with Crippen LogP contribution in [-0.4, -0.2) is 23.3 Å². The van der Waals surface area contributed by atoms with Crippen molar-refractivity contribution >= 4 is 23.1 Å². The van der Waals surface area contributed by atoms with Gasteiger partial charge in [0.2, 0.25) is 0 Å². The maximum absolute atomic E-state index is 13.8. The Bertz CT molecular complexity index is 1250. The highest BCUT2D eigenvalue weighted by Crippen LogP contribution is 2.37. The maximum Gasteiger partial charge on any atom is 0.282 e. The minimum Gasteiger partial charge on any atom is -0.362 e. The first kappa shape index (κ1) is 21.2. The van der Waals surface area contributed by atoms with Crippen molar-refractivity contribution in [2.45, 2.75) is 39.7 Å². The van der Waals surface area contributed by atoms with Crippen LogP contribution in [0.4, 0.5) is 5.69 Å². The second-order valence-electron chi connectivity index (χ2n) is 9.22. The summed E-state index contributed by atoms with van der Waals surface area (Å²) in [5.74, 6) is -0.114. The zero-order chi connectivity index (χ0) is 23.1. The monoisotopic (exact) mass is 436 g/mol. The lowest BCUT2D eigenvalue weighted by atomic mass is 9.97. The molecule has 0 atom stereocenters. The van der Waals surface area contributed by atoms with Crippen molar-refractivity contribution in [3.05, 3.63) is 106 Å². The Labute approximate surface area is 195 Å². The zero-order valence-electron chi connectivity index (χ0n) is 19.3. The molecule has 0 saturated carbocycles. The molecule has 5 rings (SSSR count). The molecule has 0 saturated heterocycles. The van der Waals surface area contributed by atoms with Gasteiger partial charge < -0.3 is 4.90 Å². The number of anilines is 1. The fourth-order valence-corrected chi connectivity index (χ4v) is 4.72. The molecule has 3 aromatic rings. The number of aryl methyl sites for hydroxylation is 1. The van der Waals surface area contributed by atoms with Crippen LogP contribution in [0, 0.1) is 6.92 Å². The molecule has 33 heavy (non-hydrogen) atoms. The van der Waals surface area contributed by atoms with Gasteiger partial charge in [0.15, 0.2) is 0 Å². The largest absolute Gasteiger partial charge is 0.362 e. The van der Waals surface area contributed by atoms with Gasteiger partial charge in [0.1, 0.15) is 5.70 Å². The normalized spacial score (nSPS) is 16.1. The lowest BCUT2D eigenvalue weighted by Crippen LogP contribution is -2.37. The molecule has 3 aromatic carbocycles. The highest BCUT2D eigenvalue weighted by molar-refractivity contribution is 6.45. The first-order valence-corrected chi connectivity index (χ1v) is 11.6. The number of rotatable bonds is 4. The summed E-state index contributed by atoms with van der Waals surface area (Å²) in [5.41, 5.74) is 7.21. The molecule has 0 bridgehead atoms. The van der Waals surface area contributed by atoms with Crippen molar-refractivity contribution in [3.8, 4) is 0 Å². The number of fused-ring (bicyclic) bond motifs is 1. The van der Waals surface area contributed by atoms with Gasteiger partial charge in [-0.15, -0.1) is 0 Å². The van der Waals surface area contributed by atoms with E-state index in [-0.39, 0.29) is 11.8 Å². The van der Waals surface area contributed by atoms with Gasteiger partial charge in [-0.25, -0.2) is 4.90 Å². The lowest BCUT2D eigenvalue weighted by molar-refractivity contribution is -0.120. The van der Waals surface area contributed by atoms with Crippen LogP contribution in [0.3, 0.4) is 0 Å². The van der Waals surface area contributed by atoms with E-state index in [4.69, 9.17) is 0 Å². The standard InChI is InChI=1S/C29H28N2O2/c1-19(2)21-12-14-25(15-13-21)31-28(32)26(23-10-8-20(3)9-11-23)27(29(31)33)30-17-16-22-6-4-5-7-24(22)18-30/h4-15,19H,16-18H2,1-3H3. The molecule has 2 amide bonds. The van der Waals surface area contributed by atoms with E-state index >= 15 is 0 Å². The quantitative estimate of drug-likeness (QED) is 0.510. The number of amides is 2. The van der Waals surface area contributed by atoms with Crippen LogP contribution in [0.5, 0.6) is 0 Å². The summed E-state index contributed by atoms with van der Waals surface area (Å²) in [6.07, 6.45) is 0.853. The first-order chi connectivity index (χ1) is 15.9. The van der Waals surface area contributed by atoms with Gasteiger partial charge in [0.25, 0.3) is 11.8 Å². The SMILES string of the molecule is Cc1ccc(C2=C(N3CCc4ccccc4C3)C(=O)N(c3ccc(C(C)C)cc3)C2=O)cc1. The Hall–Kier alpha value is -3.66. The number of nitrogens with zero attached hydrogens (tertiary/aromatic N) is 2.